The average molecular weight is 1540 g/mol. The molecule has 2 aromatic rings. The summed E-state index contributed by atoms with van der Waals surface area (Å²) in [6, 6.07) is 1.70. The lowest BCUT2D eigenvalue weighted by atomic mass is 9.88. The molecule has 5 saturated heterocycles. The molecule has 604 valence electrons. The number of carbonyl (C=O) groups excluding carboxylic acids is 3. The SMILES string of the molecule is CCCCCCCCCCCCCCCCCC(=O)N[C@@H](CO[C@@H]1O[C@H](CO)[C@@H](O[C@@H]2O[C@H](CO)[C@H](O[C@@H]3O[C@H](CO)[C@H](O)[C@H](O[C@@H]4O[C@H](CO)[C@H](O)[C@H](O)[C@H]4O)[C@H]3NC(C)=O)[C@H](O[C@]3(C(=O)O)C[C@H](O)C(NC(C)=O)C([C@H](O)[C@H](O)CO)O3)[C@H]2O)[C@H](O)[C@H]1O)[C@H](O)/C=C/c1nc(-c2ccc(Cl)cc2)n[nH]1. The molecule has 3 amide bonds. The number of hydrogen-bond acceptors (Lipinski definition) is 32. The minimum atomic E-state index is -3.40. The van der Waals surface area contributed by atoms with E-state index in [1.807, 2.05) is 0 Å². The van der Waals surface area contributed by atoms with Crippen molar-refractivity contribution in [1.29, 1.82) is 0 Å². The van der Waals surface area contributed by atoms with Gasteiger partial charge in [-0.05, 0) is 36.8 Å². The van der Waals surface area contributed by atoms with Gasteiger partial charge in [0.05, 0.1) is 63.9 Å². The molecule has 0 saturated carbocycles. The summed E-state index contributed by atoms with van der Waals surface area (Å²) in [5, 5.41) is 204. The van der Waals surface area contributed by atoms with Crippen molar-refractivity contribution in [2.45, 2.75) is 301 Å². The fourth-order valence-corrected chi connectivity index (χ4v) is 13.5. The quantitative estimate of drug-likeness (QED) is 0.0281. The number of carboxylic acids is 1. The molecular formula is C68H109ClN6O31. The van der Waals surface area contributed by atoms with Gasteiger partial charge in [-0.15, -0.1) is 0 Å². The number of amides is 3. The number of halogens is 1. The predicted octanol–water partition coefficient (Wildman–Crippen LogP) is -4.15. The van der Waals surface area contributed by atoms with Crippen LogP contribution in [0, 0.1) is 0 Å². The minimum Gasteiger partial charge on any atom is -0.477 e. The molecule has 0 bridgehead atoms. The Balaban J connectivity index is 1.13. The van der Waals surface area contributed by atoms with E-state index in [1.54, 1.807) is 24.3 Å². The van der Waals surface area contributed by atoms with Crippen LogP contribution < -0.4 is 16.0 Å². The topological polar surface area (TPSA) is 582 Å². The number of H-pyrrole nitrogens is 1. The van der Waals surface area contributed by atoms with E-state index in [0.717, 1.165) is 46.0 Å². The number of nitrogens with zero attached hydrogens (tertiary/aromatic N) is 2. The number of carbonyl (C=O) groups is 4. The van der Waals surface area contributed by atoms with Crippen molar-refractivity contribution in [2.75, 3.05) is 39.6 Å². The van der Waals surface area contributed by atoms with Crippen LogP contribution in [0.4, 0.5) is 0 Å². The molecule has 37 nitrogen and oxygen atoms in total. The van der Waals surface area contributed by atoms with Crippen molar-refractivity contribution < 1.29 is 153 Å². The molecule has 21 N–H and O–H groups in total. The summed E-state index contributed by atoms with van der Waals surface area (Å²) in [6.07, 6.45) is -32.1. The first-order valence-corrected chi connectivity index (χ1v) is 36.5. The second-order valence-corrected chi connectivity index (χ2v) is 27.9. The highest BCUT2D eigenvalue weighted by atomic mass is 35.5. The number of aliphatic hydroxyl groups excluding tert-OH is 16. The second-order valence-electron chi connectivity index (χ2n) is 27.4. The first kappa shape index (κ1) is 88.4. The van der Waals surface area contributed by atoms with Crippen LogP contribution in [0.5, 0.6) is 0 Å². The maximum atomic E-state index is 13.8. The molecular weight excluding hydrogens is 1430 g/mol. The first-order chi connectivity index (χ1) is 50.6. The van der Waals surface area contributed by atoms with E-state index < -0.39 is 241 Å². The Hall–Kier alpha value is -4.77. The number of aliphatic hydroxyl groups is 16. The van der Waals surface area contributed by atoms with Gasteiger partial charge in [0.15, 0.2) is 31.0 Å². The maximum Gasteiger partial charge on any atom is 0.364 e. The van der Waals surface area contributed by atoms with Gasteiger partial charge < -0.3 is 150 Å². The van der Waals surface area contributed by atoms with E-state index in [1.165, 1.54) is 69.9 Å². The summed E-state index contributed by atoms with van der Waals surface area (Å²) in [6.45, 7) is -2.14. The number of benzene rings is 1. The predicted molar refractivity (Wildman–Crippen MR) is 364 cm³/mol. The van der Waals surface area contributed by atoms with Gasteiger partial charge in [0.1, 0.15) is 122 Å². The third kappa shape index (κ3) is 23.9. The minimum absolute atomic E-state index is 0.0591. The van der Waals surface area contributed by atoms with Crippen LogP contribution in [-0.4, -0.2) is 336 Å². The molecule has 28 atom stereocenters. The third-order valence-corrected chi connectivity index (χ3v) is 19.6. The zero-order valence-electron chi connectivity index (χ0n) is 59.4. The van der Waals surface area contributed by atoms with Crippen molar-refractivity contribution >= 4 is 41.4 Å². The molecule has 2 unspecified atom stereocenters. The summed E-state index contributed by atoms with van der Waals surface area (Å²) in [5.74, 6) is -7.37. The highest BCUT2D eigenvalue weighted by Crippen LogP contribution is 2.41. The number of aromatic amines is 1. The van der Waals surface area contributed by atoms with E-state index in [4.69, 9.17) is 59.0 Å². The molecule has 106 heavy (non-hydrogen) atoms. The fourth-order valence-electron chi connectivity index (χ4n) is 13.4. The second kappa shape index (κ2) is 43.2. The number of ether oxygens (including phenoxy) is 10. The lowest BCUT2D eigenvalue weighted by molar-refractivity contribution is -0.403. The van der Waals surface area contributed by atoms with E-state index >= 15 is 0 Å². The van der Waals surface area contributed by atoms with Crippen LogP contribution >= 0.6 is 11.6 Å². The van der Waals surface area contributed by atoms with Crippen molar-refractivity contribution in [3.8, 4) is 11.4 Å². The fraction of sp³-hybridized carbons (Fsp3) is 0.794. The number of hydrogen-bond donors (Lipinski definition) is 21. The zero-order chi connectivity index (χ0) is 77.5. The van der Waals surface area contributed by atoms with E-state index in [0.29, 0.717) is 22.8 Å². The van der Waals surface area contributed by atoms with Crippen LogP contribution in [0.25, 0.3) is 17.5 Å². The number of rotatable bonds is 42. The highest BCUT2D eigenvalue weighted by Gasteiger charge is 2.62. The van der Waals surface area contributed by atoms with Crippen LogP contribution in [0.3, 0.4) is 0 Å². The monoisotopic (exact) mass is 1540 g/mol. The Bertz CT molecular complexity index is 2990. The standard InChI is InChI=1S/C68H109ClN6O31/c1-4-5-6-7-8-9-10-11-12-13-14-15-16-17-18-19-46(86)72-37(38(83)24-25-45-73-62(75-74-45)35-20-22-36(69)23-21-35)32-97-64-55(93)53(91)57(43(30-79)100-64)102-66-56(94)61(106-68(67(95)96)26-39(84)47(70-33(2)81)60(105-68)49(87)40(85)27-76)58(44(31-80)101-66)103-63-48(71-34(3)82)59(51(89)42(29-78)98-63)104-65-54(92)52(90)50(88)41(28-77)99-65/h20-25,37-44,47-61,63-66,76-80,83-85,87-94H,4-19,26-32H2,1-3H3,(H,70,81)(H,71,82)(H,72,86)(H,95,96)(H,73,74,75)/b25-24+/t37-,38+,39-,40+,41+,42+,43+,44+,47?,48+,49+,50-,51-,52-,53+,54+,55+,56+,57+,58-,59+,60?,61+,63-,64+,65-,66-,68-/m0/s1. The van der Waals surface area contributed by atoms with Crippen molar-refractivity contribution in [3.05, 3.63) is 41.2 Å². The Labute approximate surface area is 617 Å². The number of unbranched alkanes of at least 4 members (excludes halogenated alkanes) is 14. The molecule has 38 heteroatoms. The molecule has 5 aliphatic rings. The lowest BCUT2D eigenvalue weighted by Gasteiger charge is -2.52. The van der Waals surface area contributed by atoms with E-state index in [-0.39, 0.29) is 12.2 Å². The number of aromatic nitrogens is 3. The van der Waals surface area contributed by atoms with E-state index in [9.17, 15) is 106 Å². The normalized spacial score (nSPS) is 34.8. The zero-order valence-corrected chi connectivity index (χ0v) is 60.2. The van der Waals surface area contributed by atoms with Crippen molar-refractivity contribution in [3.63, 3.8) is 0 Å². The lowest BCUT2D eigenvalue weighted by Crippen LogP contribution is -2.72. The number of nitrogens with one attached hydrogen (secondary N) is 4. The first-order valence-electron chi connectivity index (χ1n) is 36.2. The smallest absolute Gasteiger partial charge is 0.364 e. The molecule has 5 aliphatic heterocycles. The molecule has 1 aromatic carbocycles. The highest BCUT2D eigenvalue weighted by molar-refractivity contribution is 6.30. The van der Waals surface area contributed by atoms with Crippen molar-refractivity contribution in [1.82, 2.24) is 31.1 Å². The summed E-state index contributed by atoms with van der Waals surface area (Å²) in [5.41, 5.74) is 0.621. The largest absolute Gasteiger partial charge is 0.477 e. The Morgan fingerprint density at radius 1 is 0.613 bits per heavy atom. The van der Waals surface area contributed by atoms with E-state index in [2.05, 4.69) is 38.1 Å². The van der Waals surface area contributed by atoms with Crippen LogP contribution in [0.15, 0.2) is 30.3 Å². The van der Waals surface area contributed by atoms with Crippen LogP contribution in [-0.2, 0) is 66.5 Å². The average Bonchev–Trinajstić information content (AvgIpc) is 0.872. The van der Waals surface area contributed by atoms with Gasteiger partial charge >= 0.3 is 5.97 Å². The molecule has 6 heterocycles. The maximum absolute atomic E-state index is 13.8. The summed E-state index contributed by atoms with van der Waals surface area (Å²) in [7, 11) is 0. The van der Waals surface area contributed by atoms with Gasteiger partial charge in [0.2, 0.25) is 17.7 Å². The van der Waals surface area contributed by atoms with Gasteiger partial charge in [0.25, 0.3) is 5.79 Å². The summed E-state index contributed by atoms with van der Waals surface area (Å²) >= 11 is 6.07. The molecule has 0 radical (unpaired) electrons. The molecule has 1 aromatic heterocycles. The van der Waals surface area contributed by atoms with Gasteiger partial charge in [-0.3, -0.25) is 19.5 Å². The molecule has 0 aliphatic carbocycles. The van der Waals surface area contributed by atoms with Gasteiger partial charge in [-0.1, -0.05) is 114 Å². The molecule has 5 fully saturated rings. The molecule has 0 spiro atoms. The molecule has 7 rings (SSSR count). The Morgan fingerprint density at radius 3 is 1.70 bits per heavy atom. The van der Waals surface area contributed by atoms with Gasteiger partial charge in [-0.25, -0.2) is 9.78 Å². The third-order valence-electron chi connectivity index (χ3n) is 19.3. The van der Waals surface area contributed by atoms with Gasteiger partial charge in [-0.2, -0.15) is 5.10 Å². The summed E-state index contributed by atoms with van der Waals surface area (Å²) < 4.78 is 59.9. The summed E-state index contributed by atoms with van der Waals surface area (Å²) in [4.78, 5) is 57.4. The van der Waals surface area contributed by atoms with Crippen LogP contribution in [0.1, 0.15) is 136 Å². The van der Waals surface area contributed by atoms with Gasteiger partial charge in [0, 0.05) is 37.3 Å². The Morgan fingerprint density at radius 2 is 1.12 bits per heavy atom. The number of carboxylic acid groups (broad SMARTS) is 1. The van der Waals surface area contributed by atoms with Crippen molar-refractivity contribution in [2.24, 2.45) is 0 Å². The number of aliphatic carboxylic acids is 1. The Kier molecular flexibility index (Phi) is 36.0. The van der Waals surface area contributed by atoms with Crippen LogP contribution in [0.2, 0.25) is 5.02 Å².